The first-order valence-electron chi connectivity index (χ1n) is 7.85. The molecule has 6 heteroatoms. The van der Waals surface area contributed by atoms with Crippen molar-refractivity contribution in [2.24, 2.45) is 0 Å². The van der Waals surface area contributed by atoms with E-state index in [0.717, 1.165) is 31.6 Å². The Morgan fingerprint density at radius 3 is 2.50 bits per heavy atom. The van der Waals surface area contributed by atoms with E-state index >= 15 is 0 Å². The highest BCUT2D eigenvalue weighted by Crippen LogP contribution is 2.31. The summed E-state index contributed by atoms with van der Waals surface area (Å²) in [7, 11) is 0. The van der Waals surface area contributed by atoms with Crippen molar-refractivity contribution < 1.29 is 4.79 Å². The maximum absolute atomic E-state index is 12.5. The van der Waals surface area contributed by atoms with Crippen molar-refractivity contribution in [3.8, 4) is 0 Å². The molecule has 0 atom stereocenters. The zero-order valence-electron chi connectivity index (χ0n) is 13.0. The number of carbonyl (C=O) groups excluding carboxylic acids is 1. The van der Waals surface area contributed by atoms with Gasteiger partial charge in [-0.1, -0.05) is 11.6 Å². The Morgan fingerprint density at radius 1 is 1.04 bits per heavy atom. The molecule has 3 rings (SSSR count). The summed E-state index contributed by atoms with van der Waals surface area (Å²) < 4.78 is 1.97. The van der Waals surface area contributed by atoms with Crippen LogP contribution in [0.25, 0.3) is 0 Å². The van der Waals surface area contributed by atoms with Gasteiger partial charge in [0.15, 0.2) is 0 Å². The third-order valence-corrected chi connectivity index (χ3v) is 5.99. The molecule has 0 aliphatic carbocycles. The van der Waals surface area contributed by atoms with E-state index in [2.05, 4.69) is 55.4 Å². The number of hydrogen-bond acceptors (Lipinski definition) is 2. The SMILES string of the molecule is O=C(Nc1ccc(N2CCCCC2)c(Cl)c1)c1cc(I)ccc1I. The minimum Gasteiger partial charge on any atom is -0.370 e. The largest absolute Gasteiger partial charge is 0.370 e. The second-order valence-electron chi connectivity index (χ2n) is 5.79. The molecule has 3 nitrogen and oxygen atoms in total. The Hall–Kier alpha value is -0.540. The first-order valence-corrected chi connectivity index (χ1v) is 10.4. The average molecular weight is 567 g/mol. The monoisotopic (exact) mass is 566 g/mol. The van der Waals surface area contributed by atoms with Crippen LogP contribution >= 0.6 is 56.8 Å². The van der Waals surface area contributed by atoms with Crippen LogP contribution in [0.5, 0.6) is 0 Å². The van der Waals surface area contributed by atoms with Crippen molar-refractivity contribution >= 4 is 74.1 Å². The molecule has 1 amide bonds. The van der Waals surface area contributed by atoms with Crippen molar-refractivity contribution in [2.75, 3.05) is 23.3 Å². The highest BCUT2D eigenvalue weighted by atomic mass is 127. The smallest absolute Gasteiger partial charge is 0.256 e. The number of piperidine rings is 1. The second kappa shape index (κ2) is 8.23. The summed E-state index contributed by atoms with van der Waals surface area (Å²) in [4.78, 5) is 14.8. The minimum absolute atomic E-state index is 0.111. The summed E-state index contributed by atoms with van der Waals surface area (Å²) >= 11 is 10.8. The number of carbonyl (C=O) groups is 1. The summed E-state index contributed by atoms with van der Waals surface area (Å²) in [6.07, 6.45) is 3.70. The van der Waals surface area contributed by atoms with Crippen LogP contribution in [0.1, 0.15) is 29.6 Å². The molecule has 1 heterocycles. The summed E-state index contributed by atoms with van der Waals surface area (Å²) in [5.41, 5.74) is 2.46. The van der Waals surface area contributed by atoms with E-state index in [9.17, 15) is 4.79 Å². The molecule has 1 saturated heterocycles. The molecule has 2 aromatic carbocycles. The van der Waals surface area contributed by atoms with Gasteiger partial charge in [-0.05, 0) is 101 Å². The molecule has 1 aliphatic heterocycles. The molecular weight excluding hydrogens is 549 g/mol. The van der Waals surface area contributed by atoms with Crippen LogP contribution in [0.3, 0.4) is 0 Å². The third kappa shape index (κ3) is 4.35. The van der Waals surface area contributed by atoms with Gasteiger partial charge in [0.2, 0.25) is 0 Å². The fourth-order valence-electron chi connectivity index (χ4n) is 2.85. The predicted molar refractivity (Wildman–Crippen MR) is 117 cm³/mol. The molecular formula is C18H17ClI2N2O. The molecule has 2 aromatic rings. The van der Waals surface area contributed by atoms with Crippen molar-refractivity contribution in [3.63, 3.8) is 0 Å². The van der Waals surface area contributed by atoms with Crippen molar-refractivity contribution in [1.82, 2.24) is 0 Å². The van der Waals surface area contributed by atoms with E-state index < -0.39 is 0 Å². The van der Waals surface area contributed by atoms with Gasteiger partial charge in [0.05, 0.1) is 16.3 Å². The quantitative estimate of drug-likeness (QED) is 0.477. The molecule has 0 saturated carbocycles. The maximum Gasteiger partial charge on any atom is 0.256 e. The van der Waals surface area contributed by atoms with E-state index in [1.807, 2.05) is 36.4 Å². The number of halogens is 3. The Balaban J connectivity index is 1.77. The number of nitrogens with one attached hydrogen (secondary N) is 1. The van der Waals surface area contributed by atoms with E-state index in [4.69, 9.17) is 11.6 Å². The van der Waals surface area contributed by atoms with Gasteiger partial charge in [0.25, 0.3) is 5.91 Å². The van der Waals surface area contributed by atoms with Crippen molar-refractivity contribution in [2.45, 2.75) is 19.3 Å². The fraction of sp³-hybridized carbons (Fsp3) is 0.278. The Morgan fingerprint density at radius 2 is 1.79 bits per heavy atom. The van der Waals surface area contributed by atoms with Gasteiger partial charge >= 0.3 is 0 Å². The van der Waals surface area contributed by atoms with E-state index in [0.29, 0.717) is 10.6 Å². The topological polar surface area (TPSA) is 32.3 Å². The second-order valence-corrected chi connectivity index (χ2v) is 8.61. The zero-order chi connectivity index (χ0) is 17.1. The van der Waals surface area contributed by atoms with Gasteiger partial charge in [-0.3, -0.25) is 4.79 Å². The van der Waals surface area contributed by atoms with Gasteiger partial charge in [-0.2, -0.15) is 0 Å². The molecule has 0 radical (unpaired) electrons. The van der Waals surface area contributed by atoms with E-state index in [1.54, 1.807) is 0 Å². The summed E-state index contributed by atoms with van der Waals surface area (Å²) in [6, 6.07) is 11.6. The van der Waals surface area contributed by atoms with Gasteiger partial charge in [-0.15, -0.1) is 0 Å². The summed E-state index contributed by atoms with van der Waals surface area (Å²) in [5, 5.41) is 3.63. The molecule has 0 bridgehead atoms. The zero-order valence-corrected chi connectivity index (χ0v) is 18.1. The molecule has 0 spiro atoms. The predicted octanol–water partition coefficient (Wildman–Crippen LogP) is 5.79. The summed E-state index contributed by atoms with van der Waals surface area (Å²) in [6.45, 7) is 2.10. The Labute approximate surface area is 174 Å². The van der Waals surface area contributed by atoms with Crippen molar-refractivity contribution in [1.29, 1.82) is 0 Å². The lowest BCUT2D eigenvalue weighted by molar-refractivity contribution is 0.102. The van der Waals surface area contributed by atoms with Gasteiger partial charge in [0, 0.05) is 25.9 Å². The lowest BCUT2D eigenvalue weighted by Gasteiger charge is -2.29. The lowest BCUT2D eigenvalue weighted by Crippen LogP contribution is -2.29. The highest BCUT2D eigenvalue weighted by molar-refractivity contribution is 14.1. The standard InChI is InChI=1S/C18H17ClI2N2O/c19-15-11-13(5-7-17(15)23-8-2-1-3-9-23)22-18(24)14-10-12(20)4-6-16(14)21/h4-7,10-11H,1-3,8-9H2,(H,22,24). The molecule has 1 aliphatic rings. The van der Waals surface area contributed by atoms with Crippen LogP contribution in [0.15, 0.2) is 36.4 Å². The fourth-order valence-corrected chi connectivity index (χ4v) is 4.22. The molecule has 24 heavy (non-hydrogen) atoms. The number of rotatable bonds is 3. The lowest BCUT2D eigenvalue weighted by atomic mass is 10.1. The number of anilines is 2. The van der Waals surface area contributed by atoms with Gasteiger partial charge < -0.3 is 10.2 Å². The van der Waals surface area contributed by atoms with Crippen LogP contribution < -0.4 is 10.2 Å². The molecule has 1 fully saturated rings. The number of hydrogen-bond donors (Lipinski definition) is 1. The molecule has 1 N–H and O–H groups in total. The number of amides is 1. The van der Waals surface area contributed by atoms with Crippen LogP contribution in [0.4, 0.5) is 11.4 Å². The Bertz CT molecular complexity index is 761. The first-order chi connectivity index (χ1) is 11.5. The van der Waals surface area contributed by atoms with Crippen LogP contribution in [0.2, 0.25) is 5.02 Å². The van der Waals surface area contributed by atoms with E-state index in [1.165, 1.54) is 19.3 Å². The third-order valence-electron chi connectivity index (χ3n) is 4.08. The summed E-state index contributed by atoms with van der Waals surface area (Å²) in [5.74, 6) is -0.111. The number of nitrogens with zero attached hydrogens (tertiary/aromatic N) is 1. The van der Waals surface area contributed by atoms with E-state index in [-0.39, 0.29) is 5.91 Å². The molecule has 126 valence electrons. The highest BCUT2D eigenvalue weighted by Gasteiger charge is 2.15. The normalized spacial score (nSPS) is 14.5. The van der Waals surface area contributed by atoms with Gasteiger partial charge in [0.1, 0.15) is 0 Å². The Kier molecular flexibility index (Phi) is 6.26. The number of benzene rings is 2. The van der Waals surface area contributed by atoms with Gasteiger partial charge in [-0.25, -0.2) is 0 Å². The van der Waals surface area contributed by atoms with Crippen LogP contribution in [0, 0.1) is 7.14 Å². The van der Waals surface area contributed by atoms with Crippen LogP contribution in [-0.2, 0) is 0 Å². The average Bonchev–Trinajstić information content (AvgIpc) is 2.58. The maximum atomic E-state index is 12.5. The molecule has 0 unspecified atom stereocenters. The van der Waals surface area contributed by atoms with Crippen LogP contribution in [-0.4, -0.2) is 19.0 Å². The first kappa shape index (κ1) is 18.3. The molecule has 0 aromatic heterocycles. The minimum atomic E-state index is -0.111. The van der Waals surface area contributed by atoms with Crippen molar-refractivity contribution in [3.05, 3.63) is 54.1 Å².